The predicted octanol–water partition coefficient (Wildman–Crippen LogP) is -1.72. The summed E-state index contributed by atoms with van der Waals surface area (Å²) in [6, 6.07) is 0. The molecule has 1 aliphatic rings. The summed E-state index contributed by atoms with van der Waals surface area (Å²) in [5, 5.41) is 30.8. The molecule has 0 bridgehead atoms. The Morgan fingerprint density at radius 3 is 2.64 bits per heavy atom. The van der Waals surface area contributed by atoms with Crippen LogP contribution in [0.2, 0.25) is 0 Å². The molecule has 2 rings (SSSR count). The van der Waals surface area contributed by atoms with Crippen LogP contribution in [0.25, 0.3) is 5.70 Å². The van der Waals surface area contributed by atoms with Crippen LogP contribution in [0.5, 0.6) is 0 Å². The first kappa shape index (κ1) is 22.1. The highest BCUT2D eigenvalue weighted by Gasteiger charge is 2.28. The van der Waals surface area contributed by atoms with E-state index in [1.54, 1.807) is 11.3 Å². The Kier molecular flexibility index (Phi) is 9.02. The highest BCUT2D eigenvalue weighted by Crippen LogP contribution is 2.37. The van der Waals surface area contributed by atoms with Crippen LogP contribution in [0.1, 0.15) is 30.0 Å². The molecule has 0 aromatic carbocycles. The minimum Gasteiger partial charge on any atom is -1.00 e. The Labute approximate surface area is 163 Å². The number of aliphatic hydroxyl groups excluding tert-OH is 3. The van der Waals surface area contributed by atoms with Crippen molar-refractivity contribution >= 4 is 17.0 Å². The molecule has 1 atom stereocenters. The Hall–Kier alpha value is -0.990. The third kappa shape index (κ3) is 5.49. The van der Waals surface area contributed by atoms with Crippen LogP contribution < -0.4 is 27.3 Å². The summed E-state index contributed by atoms with van der Waals surface area (Å²) < 4.78 is 2.02. The van der Waals surface area contributed by atoms with Gasteiger partial charge < -0.3 is 38.0 Å². The molecule has 140 valence electrons. The van der Waals surface area contributed by atoms with Gasteiger partial charge in [0.1, 0.15) is 12.3 Å². The number of aliphatic hydroxyl groups is 3. The van der Waals surface area contributed by atoms with E-state index in [2.05, 4.69) is 12.2 Å². The zero-order chi connectivity index (χ0) is 17.6. The maximum absolute atomic E-state index is 9.48. The molecule has 5 nitrogen and oxygen atoms in total. The standard InChI is InChI=1S/C18H27N2O3S.BrH/c1-14-13-24-17(20(14)8-11-23)16(19)12-18(7-10-22)5-2-15(3-6-18)4-9-21;/h2-3,5,12-13,21-23H,4,6-11,19H2,1H3;1H/q+1;/p-1. The van der Waals surface area contributed by atoms with E-state index in [9.17, 15) is 10.2 Å². The van der Waals surface area contributed by atoms with Gasteiger partial charge in [-0.05, 0) is 30.9 Å². The van der Waals surface area contributed by atoms with E-state index in [0.717, 1.165) is 22.7 Å². The third-order valence-corrected chi connectivity index (χ3v) is 5.52. The fourth-order valence-electron chi connectivity index (χ4n) is 3.02. The summed E-state index contributed by atoms with van der Waals surface area (Å²) in [7, 11) is 0. The van der Waals surface area contributed by atoms with E-state index >= 15 is 0 Å². The topological polar surface area (TPSA) is 90.6 Å². The maximum Gasteiger partial charge on any atom is 0.284 e. The van der Waals surface area contributed by atoms with Crippen molar-refractivity contribution in [3.8, 4) is 0 Å². The molecule has 0 aliphatic heterocycles. The van der Waals surface area contributed by atoms with E-state index in [-0.39, 0.29) is 42.2 Å². The quantitative estimate of drug-likeness (QED) is 0.369. The van der Waals surface area contributed by atoms with E-state index < -0.39 is 0 Å². The van der Waals surface area contributed by atoms with Crippen molar-refractivity contribution in [1.82, 2.24) is 0 Å². The molecule has 0 spiro atoms. The number of thiazole rings is 1. The Morgan fingerprint density at radius 2 is 2.08 bits per heavy atom. The third-order valence-electron chi connectivity index (χ3n) is 4.38. The SMILES string of the molecule is Cc1csc(C(N)=CC2(CCO)C=CC(CCO)=CC2)[n+]1CCO.[Br-]. The summed E-state index contributed by atoms with van der Waals surface area (Å²) in [6.45, 7) is 2.80. The van der Waals surface area contributed by atoms with Crippen LogP contribution in [0.3, 0.4) is 0 Å². The lowest BCUT2D eigenvalue weighted by Crippen LogP contribution is -3.00. The molecule has 0 amide bonds. The fraction of sp³-hybridized carbons (Fsp3) is 0.500. The number of nitrogens with two attached hydrogens (primary N) is 1. The molecule has 1 unspecified atom stereocenters. The smallest absolute Gasteiger partial charge is 0.284 e. The molecule has 1 aromatic rings. The van der Waals surface area contributed by atoms with Gasteiger partial charge >= 0.3 is 0 Å². The molecular weight excluding hydrogens is 404 g/mol. The maximum atomic E-state index is 9.48. The first-order valence-electron chi connectivity index (χ1n) is 8.22. The molecule has 1 aromatic heterocycles. The number of hydrogen-bond acceptors (Lipinski definition) is 5. The van der Waals surface area contributed by atoms with E-state index in [4.69, 9.17) is 10.8 Å². The van der Waals surface area contributed by atoms with Gasteiger partial charge in [-0.1, -0.05) is 29.6 Å². The minimum absolute atomic E-state index is 0. The molecule has 0 saturated heterocycles. The average molecular weight is 431 g/mol. The number of halogens is 1. The zero-order valence-corrected chi connectivity index (χ0v) is 16.9. The highest BCUT2D eigenvalue weighted by molar-refractivity contribution is 7.10. The molecule has 5 N–H and O–H groups in total. The lowest BCUT2D eigenvalue weighted by atomic mass is 9.76. The van der Waals surface area contributed by atoms with Crippen LogP contribution in [-0.2, 0) is 6.54 Å². The Morgan fingerprint density at radius 1 is 1.32 bits per heavy atom. The second kappa shape index (κ2) is 10.2. The van der Waals surface area contributed by atoms with Gasteiger partial charge in [-0.2, -0.15) is 4.57 Å². The summed E-state index contributed by atoms with van der Waals surface area (Å²) in [5.74, 6) is 0. The van der Waals surface area contributed by atoms with Gasteiger partial charge in [0, 0.05) is 25.6 Å². The summed E-state index contributed by atoms with van der Waals surface area (Å²) in [4.78, 5) is 0. The molecule has 25 heavy (non-hydrogen) atoms. The van der Waals surface area contributed by atoms with Crippen LogP contribution in [0.4, 0.5) is 0 Å². The van der Waals surface area contributed by atoms with Crippen LogP contribution >= 0.6 is 11.3 Å². The number of aromatic nitrogens is 1. The summed E-state index contributed by atoms with van der Waals surface area (Å²) in [6.07, 6.45) is 10.2. The molecule has 0 fully saturated rings. The van der Waals surface area contributed by atoms with Crippen molar-refractivity contribution in [3.63, 3.8) is 0 Å². The summed E-state index contributed by atoms with van der Waals surface area (Å²) in [5.41, 5.74) is 8.91. The second-order valence-corrected chi connectivity index (χ2v) is 7.01. The molecule has 7 heteroatoms. The molecule has 0 radical (unpaired) electrons. The normalized spacial score (nSPS) is 20.3. The predicted molar refractivity (Wildman–Crippen MR) is 96.2 cm³/mol. The number of rotatable bonds is 8. The van der Waals surface area contributed by atoms with E-state index in [1.165, 1.54) is 0 Å². The Balaban J connectivity index is 0.00000312. The van der Waals surface area contributed by atoms with E-state index in [0.29, 0.717) is 25.1 Å². The number of aryl methyl sites for hydroxylation is 1. The number of nitrogens with zero attached hydrogens (tertiary/aromatic N) is 1. The fourth-order valence-corrected chi connectivity index (χ4v) is 3.99. The molecule has 0 saturated carbocycles. The lowest BCUT2D eigenvalue weighted by molar-refractivity contribution is -0.701. The second-order valence-electron chi connectivity index (χ2n) is 6.15. The lowest BCUT2D eigenvalue weighted by Gasteiger charge is -2.29. The van der Waals surface area contributed by atoms with Gasteiger partial charge in [-0.15, -0.1) is 0 Å². The van der Waals surface area contributed by atoms with Crippen molar-refractivity contribution in [3.05, 3.63) is 46.0 Å². The zero-order valence-electron chi connectivity index (χ0n) is 14.5. The van der Waals surface area contributed by atoms with E-state index in [1.807, 2.05) is 29.0 Å². The number of allylic oxidation sites excluding steroid dienone is 4. The van der Waals surface area contributed by atoms with Gasteiger partial charge in [0.25, 0.3) is 5.01 Å². The molecule has 1 aliphatic carbocycles. The first-order valence-corrected chi connectivity index (χ1v) is 9.10. The first-order chi connectivity index (χ1) is 11.5. The van der Waals surface area contributed by atoms with Crippen molar-refractivity contribution in [2.45, 2.75) is 32.7 Å². The van der Waals surface area contributed by atoms with Gasteiger partial charge in [0.05, 0.1) is 5.38 Å². The van der Waals surface area contributed by atoms with Crippen molar-refractivity contribution in [2.75, 3.05) is 19.8 Å². The summed E-state index contributed by atoms with van der Waals surface area (Å²) >= 11 is 1.56. The molecule has 1 heterocycles. The number of hydrogen-bond donors (Lipinski definition) is 4. The molecular formula is C18H27BrN2O3S. The average Bonchev–Trinajstić information content (AvgIpc) is 2.92. The van der Waals surface area contributed by atoms with Gasteiger partial charge in [0.2, 0.25) is 0 Å². The van der Waals surface area contributed by atoms with Crippen LogP contribution in [-0.4, -0.2) is 35.1 Å². The van der Waals surface area contributed by atoms with Gasteiger partial charge in [-0.25, -0.2) is 0 Å². The van der Waals surface area contributed by atoms with Gasteiger partial charge in [0.15, 0.2) is 12.2 Å². The van der Waals surface area contributed by atoms with Gasteiger partial charge in [-0.3, -0.25) is 0 Å². The minimum atomic E-state index is -0.313. The van der Waals surface area contributed by atoms with Crippen molar-refractivity contribution in [2.24, 2.45) is 11.1 Å². The van der Waals surface area contributed by atoms with Crippen LogP contribution in [0.15, 0.2) is 35.3 Å². The van der Waals surface area contributed by atoms with Crippen molar-refractivity contribution < 1.29 is 36.9 Å². The highest BCUT2D eigenvalue weighted by atomic mass is 79.9. The monoisotopic (exact) mass is 430 g/mol. The Bertz CT molecular complexity index is 655. The van der Waals surface area contributed by atoms with Crippen molar-refractivity contribution in [1.29, 1.82) is 0 Å². The van der Waals surface area contributed by atoms with Crippen LogP contribution in [0, 0.1) is 12.3 Å². The largest absolute Gasteiger partial charge is 1.00 e.